The van der Waals surface area contributed by atoms with Gasteiger partial charge in [0.15, 0.2) is 5.65 Å². The van der Waals surface area contributed by atoms with Crippen LogP contribution >= 0.6 is 11.6 Å². The van der Waals surface area contributed by atoms with Crippen molar-refractivity contribution in [2.75, 3.05) is 25.2 Å². The van der Waals surface area contributed by atoms with Gasteiger partial charge in [0.2, 0.25) is 5.92 Å². The number of fused-ring (bicyclic) bond motifs is 1. The number of halogens is 3. The number of amides is 1. The molecular weight excluding hydrogens is 528 g/mol. The smallest absolute Gasteiger partial charge is 0.408 e. The molecule has 8 nitrogen and oxygen atoms in total. The monoisotopic (exact) mass is 561 g/mol. The van der Waals surface area contributed by atoms with E-state index in [0.717, 1.165) is 24.1 Å². The molecule has 1 N–H and O–H groups in total. The first-order valence-electron chi connectivity index (χ1n) is 13.4. The maximum Gasteiger partial charge on any atom is 0.408 e. The number of imidazole rings is 1. The highest BCUT2D eigenvalue weighted by molar-refractivity contribution is 6.17. The number of alkyl halides is 3. The fourth-order valence-corrected chi connectivity index (χ4v) is 5.70. The van der Waals surface area contributed by atoms with Gasteiger partial charge in [-0.05, 0) is 37.2 Å². The Kier molecular flexibility index (Phi) is 8.52. The first kappa shape index (κ1) is 27.6. The molecule has 0 spiro atoms. The fourth-order valence-electron chi connectivity index (χ4n) is 5.51. The van der Waals surface area contributed by atoms with Gasteiger partial charge < -0.3 is 19.7 Å². The summed E-state index contributed by atoms with van der Waals surface area (Å²) in [4.78, 5) is 19.8. The van der Waals surface area contributed by atoms with Gasteiger partial charge >= 0.3 is 6.09 Å². The Morgan fingerprint density at radius 3 is 2.64 bits per heavy atom. The molecule has 1 aliphatic carbocycles. The van der Waals surface area contributed by atoms with Gasteiger partial charge in [0.25, 0.3) is 0 Å². The van der Waals surface area contributed by atoms with Crippen LogP contribution in [0.15, 0.2) is 42.6 Å². The average Bonchev–Trinajstić information content (AvgIpc) is 3.37. The number of alkyl carbamates (subject to hydrolysis) is 1. The Hall–Kier alpha value is -2.98. The van der Waals surface area contributed by atoms with E-state index in [-0.39, 0.29) is 44.1 Å². The lowest BCUT2D eigenvalue weighted by molar-refractivity contribution is -0.0497. The van der Waals surface area contributed by atoms with E-state index >= 15 is 0 Å². The Labute approximate surface area is 231 Å². The number of rotatable bonds is 8. The summed E-state index contributed by atoms with van der Waals surface area (Å²) in [6.07, 6.45) is 3.03. The highest BCUT2D eigenvalue weighted by Gasteiger charge is 2.39. The zero-order valence-electron chi connectivity index (χ0n) is 22.0. The van der Waals surface area contributed by atoms with Crippen molar-refractivity contribution in [1.82, 2.24) is 19.9 Å². The molecule has 39 heavy (non-hydrogen) atoms. The summed E-state index contributed by atoms with van der Waals surface area (Å²) < 4.78 is 40.6. The standard InChI is InChI=1S/C28H34ClF2N5O3/c1-35(21-9-13-38-14-10-21)24-15-25-32-23(17-36(25)34-22(24)16-29)26(20-7-11-28(30,31)12-8-20)33-27(37)39-18-19-5-3-2-4-6-19/h2-6,15,17,20-21,26H,7-14,16,18H2,1H3,(H,33,37)/t26-/m0/s1. The molecule has 1 saturated heterocycles. The lowest BCUT2D eigenvalue weighted by Crippen LogP contribution is -2.37. The molecule has 1 aromatic carbocycles. The van der Waals surface area contributed by atoms with Crippen molar-refractivity contribution in [2.45, 2.75) is 69.0 Å². The third kappa shape index (κ3) is 6.61. The number of nitrogens with one attached hydrogen (secondary N) is 1. The van der Waals surface area contributed by atoms with Crippen LogP contribution in [0, 0.1) is 5.92 Å². The molecule has 1 amide bonds. The number of benzene rings is 1. The summed E-state index contributed by atoms with van der Waals surface area (Å²) in [5.41, 5.74) is 3.61. The summed E-state index contributed by atoms with van der Waals surface area (Å²) in [6, 6.07) is 11.0. The minimum atomic E-state index is -2.69. The fraction of sp³-hybridized carbons (Fsp3) is 0.536. The van der Waals surface area contributed by atoms with Crippen LogP contribution in [0.3, 0.4) is 0 Å². The lowest BCUT2D eigenvalue weighted by Gasteiger charge is -2.33. The summed E-state index contributed by atoms with van der Waals surface area (Å²) in [7, 11) is 2.03. The molecule has 1 atom stereocenters. The zero-order chi connectivity index (χ0) is 27.4. The maximum atomic E-state index is 14.0. The van der Waals surface area contributed by atoms with Crippen LogP contribution in [0.25, 0.3) is 5.65 Å². The first-order chi connectivity index (χ1) is 18.8. The molecular formula is C28H34ClF2N5O3. The molecule has 2 aromatic heterocycles. The van der Waals surface area contributed by atoms with Gasteiger partial charge in [-0.2, -0.15) is 5.10 Å². The number of aromatic nitrogens is 3. The van der Waals surface area contributed by atoms with Crippen LogP contribution in [0.4, 0.5) is 19.3 Å². The zero-order valence-corrected chi connectivity index (χ0v) is 22.7. The third-order valence-electron chi connectivity index (χ3n) is 7.81. The molecule has 1 aliphatic heterocycles. The number of hydrogen-bond acceptors (Lipinski definition) is 6. The van der Waals surface area contributed by atoms with Gasteiger partial charge in [-0.1, -0.05) is 30.3 Å². The minimum Gasteiger partial charge on any atom is -0.445 e. The average molecular weight is 562 g/mol. The van der Waals surface area contributed by atoms with E-state index in [4.69, 9.17) is 31.2 Å². The van der Waals surface area contributed by atoms with Crippen LogP contribution in [-0.4, -0.2) is 52.9 Å². The van der Waals surface area contributed by atoms with Gasteiger partial charge in [0.05, 0.1) is 35.2 Å². The Bertz CT molecular complexity index is 1260. The Morgan fingerprint density at radius 2 is 1.95 bits per heavy atom. The molecule has 2 aliphatic rings. The molecule has 3 heterocycles. The molecule has 2 fully saturated rings. The minimum absolute atomic E-state index is 0.107. The molecule has 210 valence electrons. The largest absolute Gasteiger partial charge is 0.445 e. The van der Waals surface area contributed by atoms with Gasteiger partial charge in [0.1, 0.15) is 6.61 Å². The van der Waals surface area contributed by atoms with Crippen LogP contribution in [0.1, 0.15) is 61.5 Å². The van der Waals surface area contributed by atoms with Crippen molar-refractivity contribution < 1.29 is 23.0 Å². The van der Waals surface area contributed by atoms with Crippen molar-refractivity contribution in [3.8, 4) is 0 Å². The quantitative estimate of drug-likeness (QED) is 0.346. The second-order valence-corrected chi connectivity index (χ2v) is 10.7. The number of carbonyl (C=O) groups is 1. The van der Waals surface area contributed by atoms with E-state index in [1.165, 1.54) is 0 Å². The van der Waals surface area contributed by atoms with E-state index < -0.39 is 18.1 Å². The first-order valence-corrected chi connectivity index (χ1v) is 14.0. The molecule has 0 radical (unpaired) electrons. The van der Waals surface area contributed by atoms with Crippen LogP contribution < -0.4 is 10.2 Å². The molecule has 1 saturated carbocycles. The van der Waals surface area contributed by atoms with E-state index in [1.54, 1.807) is 10.7 Å². The topological polar surface area (TPSA) is 81.0 Å². The predicted octanol–water partition coefficient (Wildman–Crippen LogP) is 5.88. The second-order valence-electron chi connectivity index (χ2n) is 10.4. The Balaban J connectivity index is 1.40. The van der Waals surface area contributed by atoms with Crippen molar-refractivity contribution in [3.05, 3.63) is 59.5 Å². The summed E-state index contributed by atoms with van der Waals surface area (Å²) >= 11 is 6.30. The summed E-state index contributed by atoms with van der Waals surface area (Å²) in [6.45, 7) is 1.53. The highest BCUT2D eigenvalue weighted by Crippen LogP contribution is 2.41. The van der Waals surface area contributed by atoms with E-state index in [0.29, 0.717) is 36.3 Å². The van der Waals surface area contributed by atoms with Crippen LogP contribution in [0.5, 0.6) is 0 Å². The molecule has 0 bridgehead atoms. The number of nitrogens with zero attached hydrogens (tertiary/aromatic N) is 4. The third-order valence-corrected chi connectivity index (χ3v) is 8.06. The normalized spacial score (nSPS) is 19.1. The van der Waals surface area contributed by atoms with Gasteiger partial charge in [-0.25, -0.2) is 23.1 Å². The van der Waals surface area contributed by atoms with Gasteiger partial charge in [0, 0.05) is 45.2 Å². The van der Waals surface area contributed by atoms with Gasteiger partial charge in [-0.15, -0.1) is 11.6 Å². The predicted molar refractivity (Wildman–Crippen MR) is 144 cm³/mol. The van der Waals surface area contributed by atoms with Crippen molar-refractivity contribution >= 4 is 29.0 Å². The SMILES string of the molecule is CN(c1cc2nc([C@@H](NC(=O)OCc3ccccc3)C3CCC(F)(F)CC3)cn2nc1CCl)C1CCOCC1. The van der Waals surface area contributed by atoms with Crippen molar-refractivity contribution in [1.29, 1.82) is 0 Å². The lowest BCUT2D eigenvalue weighted by atomic mass is 9.81. The summed E-state index contributed by atoms with van der Waals surface area (Å²) in [5.74, 6) is -2.68. The van der Waals surface area contributed by atoms with Crippen LogP contribution in [-0.2, 0) is 22.0 Å². The highest BCUT2D eigenvalue weighted by atomic mass is 35.5. The van der Waals surface area contributed by atoms with Crippen molar-refractivity contribution in [3.63, 3.8) is 0 Å². The molecule has 3 aromatic rings. The molecule has 5 rings (SSSR count). The number of hydrogen-bond donors (Lipinski definition) is 1. The summed E-state index contributed by atoms with van der Waals surface area (Å²) in [5, 5.41) is 7.64. The van der Waals surface area contributed by atoms with Crippen molar-refractivity contribution in [2.24, 2.45) is 5.92 Å². The van der Waals surface area contributed by atoms with E-state index in [2.05, 4.69) is 10.2 Å². The van der Waals surface area contributed by atoms with E-state index in [1.807, 2.05) is 43.4 Å². The Morgan fingerprint density at radius 1 is 1.23 bits per heavy atom. The molecule has 11 heteroatoms. The number of ether oxygens (including phenoxy) is 2. The van der Waals surface area contributed by atoms with E-state index in [9.17, 15) is 13.6 Å². The van der Waals surface area contributed by atoms with Crippen LogP contribution in [0.2, 0.25) is 0 Å². The maximum absolute atomic E-state index is 14.0. The van der Waals surface area contributed by atoms with Gasteiger partial charge in [-0.3, -0.25) is 0 Å². The number of carbonyl (C=O) groups excluding carboxylic acids is 1. The second kappa shape index (κ2) is 12.0. The molecule has 0 unspecified atom stereocenters. The number of anilines is 1.